The number of rotatable bonds is 5. The highest BCUT2D eigenvalue weighted by molar-refractivity contribution is 6.00. The molecule has 4 amide bonds. The average Bonchev–Trinajstić information content (AvgIpc) is 3.07. The third kappa shape index (κ3) is 8.30. The summed E-state index contributed by atoms with van der Waals surface area (Å²) >= 11 is 0. The average molecular weight is 651 g/mol. The van der Waals surface area contributed by atoms with E-state index >= 15 is 0 Å². The number of para-hydroxylation sites is 1. The fourth-order valence-electron chi connectivity index (χ4n) is 6.87. The smallest absolute Gasteiger partial charge is 0.255 e. The summed E-state index contributed by atoms with van der Waals surface area (Å²) in [6.07, 6.45) is 4.74. The van der Waals surface area contributed by atoms with E-state index in [4.69, 9.17) is 9.47 Å². The summed E-state index contributed by atoms with van der Waals surface area (Å²) in [7, 11) is 0. The summed E-state index contributed by atoms with van der Waals surface area (Å²) in [6, 6.07) is 11.7. The lowest BCUT2D eigenvalue weighted by atomic mass is 9.74. The SMILES string of the molecule is CC(C)[C@H]1COc2ccccc2C(=O)N[C@H](C(=O)NCC2(c3cccc(F)c3)CCOCC2)CCC(=O)NC2(CCCCC2)C(=O)N1. The highest BCUT2D eigenvalue weighted by Crippen LogP contribution is 2.35. The molecule has 0 bridgehead atoms. The molecule has 1 aliphatic carbocycles. The first-order valence-electron chi connectivity index (χ1n) is 16.9. The van der Waals surface area contributed by atoms with Gasteiger partial charge in [0.2, 0.25) is 17.7 Å². The van der Waals surface area contributed by atoms with Crippen molar-refractivity contribution in [3.05, 3.63) is 65.5 Å². The van der Waals surface area contributed by atoms with Crippen LogP contribution < -0.4 is 26.0 Å². The van der Waals surface area contributed by atoms with E-state index in [1.54, 1.807) is 30.3 Å². The molecule has 0 aromatic heterocycles. The number of hydrogen-bond donors (Lipinski definition) is 4. The Balaban J connectivity index is 1.41. The first-order valence-corrected chi connectivity index (χ1v) is 16.9. The summed E-state index contributed by atoms with van der Waals surface area (Å²) in [5.74, 6) is -1.58. The molecule has 2 atom stereocenters. The van der Waals surface area contributed by atoms with E-state index in [9.17, 15) is 23.6 Å². The largest absolute Gasteiger partial charge is 0.491 e. The van der Waals surface area contributed by atoms with Gasteiger partial charge in [-0.15, -0.1) is 0 Å². The van der Waals surface area contributed by atoms with Crippen molar-refractivity contribution < 1.29 is 33.0 Å². The van der Waals surface area contributed by atoms with Crippen molar-refractivity contribution in [3.8, 4) is 5.75 Å². The molecule has 254 valence electrons. The van der Waals surface area contributed by atoms with Crippen LogP contribution in [-0.4, -0.2) is 67.6 Å². The number of halogens is 1. The fraction of sp³-hybridized carbons (Fsp3) is 0.556. The van der Waals surface area contributed by atoms with Crippen molar-refractivity contribution in [2.24, 2.45) is 5.92 Å². The van der Waals surface area contributed by atoms with Gasteiger partial charge in [-0.05, 0) is 67.9 Å². The van der Waals surface area contributed by atoms with Gasteiger partial charge >= 0.3 is 0 Å². The summed E-state index contributed by atoms with van der Waals surface area (Å²) in [6.45, 7) is 5.22. The third-order valence-electron chi connectivity index (χ3n) is 9.96. The van der Waals surface area contributed by atoms with E-state index in [1.165, 1.54) is 12.1 Å². The van der Waals surface area contributed by atoms with Crippen molar-refractivity contribution in [1.82, 2.24) is 21.3 Å². The molecule has 11 heteroatoms. The van der Waals surface area contributed by atoms with Crippen LogP contribution in [0, 0.1) is 11.7 Å². The zero-order valence-corrected chi connectivity index (χ0v) is 27.4. The van der Waals surface area contributed by atoms with Gasteiger partial charge in [0.05, 0.1) is 11.6 Å². The van der Waals surface area contributed by atoms with Crippen molar-refractivity contribution in [2.75, 3.05) is 26.4 Å². The second kappa shape index (κ2) is 15.3. The quantitative estimate of drug-likeness (QED) is 0.388. The van der Waals surface area contributed by atoms with E-state index < -0.39 is 28.8 Å². The number of carbonyl (C=O) groups is 4. The van der Waals surface area contributed by atoms with Crippen LogP contribution in [0.25, 0.3) is 0 Å². The van der Waals surface area contributed by atoms with Gasteiger partial charge in [0.25, 0.3) is 5.91 Å². The Hall–Kier alpha value is -3.99. The van der Waals surface area contributed by atoms with Crippen molar-refractivity contribution in [2.45, 2.75) is 94.7 Å². The molecule has 2 aliphatic heterocycles. The molecule has 2 aromatic rings. The molecule has 1 spiro atoms. The van der Waals surface area contributed by atoms with Gasteiger partial charge in [-0.1, -0.05) is 57.4 Å². The second-order valence-electron chi connectivity index (χ2n) is 13.5. The van der Waals surface area contributed by atoms with Crippen LogP contribution in [0.3, 0.4) is 0 Å². The van der Waals surface area contributed by atoms with Gasteiger partial charge in [-0.3, -0.25) is 19.2 Å². The fourth-order valence-corrected chi connectivity index (χ4v) is 6.87. The predicted octanol–water partition coefficient (Wildman–Crippen LogP) is 3.92. The molecule has 1 saturated heterocycles. The van der Waals surface area contributed by atoms with Crippen LogP contribution in [0.4, 0.5) is 4.39 Å². The Morgan fingerprint density at radius 2 is 1.72 bits per heavy atom. The molecular weight excluding hydrogens is 603 g/mol. The lowest BCUT2D eigenvalue weighted by molar-refractivity contribution is -0.136. The van der Waals surface area contributed by atoms with Crippen LogP contribution in [-0.2, 0) is 24.5 Å². The Morgan fingerprint density at radius 1 is 0.979 bits per heavy atom. The lowest BCUT2D eigenvalue weighted by Crippen LogP contribution is -2.62. The Labute approximate surface area is 275 Å². The maximum atomic E-state index is 14.3. The molecule has 3 aliphatic rings. The van der Waals surface area contributed by atoms with Gasteiger partial charge in [-0.2, -0.15) is 0 Å². The maximum absolute atomic E-state index is 14.3. The zero-order valence-electron chi connectivity index (χ0n) is 27.4. The highest BCUT2D eigenvalue weighted by atomic mass is 19.1. The first-order chi connectivity index (χ1) is 22.6. The molecule has 2 fully saturated rings. The molecule has 0 unspecified atom stereocenters. The zero-order chi connectivity index (χ0) is 33.4. The van der Waals surface area contributed by atoms with E-state index in [2.05, 4.69) is 21.3 Å². The molecule has 1 saturated carbocycles. The second-order valence-corrected chi connectivity index (χ2v) is 13.5. The van der Waals surface area contributed by atoms with Crippen LogP contribution in [0.2, 0.25) is 0 Å². The molecule has 0 radical (unpaired) electrons. The van der Waals surface area contributed by atoms with Gasteiger partial charge in [0.1, 0.15) is 29.8 Å². The van der Waals surface area contributed by atoms with E-state index in [-0.39, 0.29) is 61.1 Å². The van der Waals surface area contributed by atoms with Crippen LogP contribution in [0.1, 0.15) is 87.6 Å². The van der Waals surface area contributed by atoms with E-state index in [0.717, 1.165) is 24.8 Å². The number of carbonyl (C=O) groups excluding carboxylic acids is 4. The summed E-state index contributed by atoms with van der Waals surface area (Å²) < 4.78 is 26.0. The third-order valence-corrected chi connectivity index (χ3v) is 9.96. The summed E-state index contributed by atoms with van der Waals surface area (Å²) in [5.41, 5.74) is -0.593. The van der Waals surface area contributed by atoms with E-state index in [1.807, 2.05) is 19.9 Å². The van der Waals surface area contributed by atoms with Gasteiger partial charge < -0.3 is 30.7 Å². The first kappa shape index (κ1) is 34.3. The Kier molecular flexibility index (Phi) is 11.2. The molecule has 5 rings (SSSR count). The van der Waals surface area contributed by atoms with Crippen LogP contribution in [0.15, 0.2) is 48.5 Å². The molecule has 2 heterocycles. The van der Waals surface area contributed by atoms with Gasteiger partial charge in [0, 0.05) is 31.6 Å². The van der Waals surface area contributed by atoms with Gasteiger partial charge in [-0.25, -0.2) is 4.39 Å². The minimum Gasteiger partial charge on any atom is -0.491 e. The molecule has 47 heavy (non-hydrogen) atoms. The van der Waals surface area contributed by atoms with Gasteiger partial charge in [0.15, 0.2) is 0 Å². The minimum absolute atomic E-state index is 0.00876. The van der Waals surface area contributed by atoms with E-state index in [0.29, 0.717) is 44.6 Å². The standard InChI is InChI=1S/C36H47FN4O6/c1-24(2)29-22-47-30-12-5-4-11-27(30)32(43)39-28(13-14-31(42)41-36(34(45)40-29)15-6-3-7-16-36)33(44)38-23-35(17-19-46-20-18-35)25-9-8-10-26(37)21-25/h4-5,8-12,21,24,28-29H,3,6-7,13-20,22-23H2,1-2H3,(H,38,44)(H,39,43)(H,40,45)(H,41,42)/t28-,29+/m0/s1. The van der Waals surface area contributed by atoms with Crippen molar-refractivity contribution in [1.29, 1.82) is 0 Å². The Bertz CT molecular complexity index is 1440. The number of fused-ring (bicyclic) bond motifs is 1. The normalized spacial score (nSPS) is 23.6. The topological polar surface area (TPSA) is 135 Å². The van der Waals surface area contributed by atoms with Crippen LogP contribution >= 0.6 is 0 Å². The minimum atomic E-state index is -1.06. The Morgan fingerprint density at radius 3 is 2.45 bits per heavy atom. The predicted molar refractivity (Wildman–Crippen MR) is 174 cm³/mol. The number of benzene rings is 2. The number of nitrogens with one attached hydrogen (secondary N) is 4. The highest BCUT2D eigenvalue weighted by Gasteiger charge is 2.42. The lowest BCUT2D eigenvalue weighted by Gasteiger charge is -2.38. The summed E-state index contributed by atoms with van der Waals surface area (Å²) in [5, 5.41) is 12.0. The van der Waals surface area contributed by atoms with Crippen LogP contribution in [0.5, 0.6) is 5.75 Å². The number of amides is 4. The molecular formula is C36H47FN4O6. The summed E-state index contributed by atoms with van der Waals surface area (Å²) in [4.78, 5) is 54.8. The van der Waals surface area contributed by atoms with Crippen molar-refractivity contribution in [3.63, 3.8) is 0 Å². The molecule has 4 N–H and O–H groups in total. The van der Waals surface area contributed by atoms with Crippen molar-refractivity contribution >= 4 is 23.6 Å². The number of ether oxygens (including phenoxy) is 2. The molecule has 2 aromatic carbocycles. The monoisotopic (exact) mass is 650 g/mol. The number of hydrogen-bond acceptors (Lipinski definition) is 6. The molecule has 10 nitrogen and oxygen atoms in total. The maximum Gasteiger partial charge on any atom is 0.255 e.